The molecule has 0 nitrogen and oxygen atoms in total. The summed E-state index contributed by atoms with van der Waals surface area (Å²) >= 11 is 0. The highest BCUT2D eigenvalue weighted by Gasteiger charge is 2.40. The number of hydrogen-bond acceptors (Lipinski definition) is 0. The Labute approximate surface area is 194 Å². The standard InChI is InChI=1S/C33H24/c1-3-17-27(18-4-1)33(28-19-5-2-6-20-28,31-23-11-15-25-13-7-9-21-29(25)31)32-24-12-16-26-14-8-10-22-30(26)32/h1-24H. The van der Waals surface area contributed by atoms with Crippen LogP contribution in [0.1, 0.15) is 22.3 Å². The van der Waals surface area contributed by atoms with Crippen molar-refractivity contribution in [2.24, 2.45) is 0 Å². The minimum Gasteiger partial charge on any atom is -0.0622 e. The van der Waals surface area contributed by atoms with E-state index in [4.69, 9.17) is 0 Å². The summed E-state index contributed by atoms with van der Waals surface area (Å²) in [7, 11) is 0. The molecule has 6 aromatic carbocycles. The van der Waals surface area contributed by atoms with Crippen LogP contribution in [0.4, 0.5) is 0 Å². The number of rotatable bonds is 4. The lowest BCUT2D eigenvalue weighted by Gasteiger charge is -2.38. The lowest BCUT2D eigenvalue weighted by molar-refractivity contribution is 0.760. The van der Waals surface area contributed by atoms with E-state index in [0.29, 0.717) is 0 Å². The Morgan fingerprint density at radius 1 is 0.303 bits per heavy atom. The summed E-state index contributed by atoms with van der Waals surface area (Å²) in [4.78, 5) is 0. The van der Waals surface area contributed by atoms with Gasteiger partial charge in [0.05, 0.1) is 5.41 Å². The van der Waals surface area contributed by atoms with Crippen molar-refractivity contribution in [2.45, 2.75) is 5.41 Å². The Morgan fingerprint density at radius 3 is 1.12 bits per heavy atom. The molecule has 0 heterocycles. The van der Waals surface area contributed by atoms with Gasteiger partial charge in [-0.25, -0.2) is 0 Å². The van der Waals surface area contributed by atoms with Crippen molar-refractivity contribution in [3.05, 3.63) is 168 Å². The van der Waals surface area contributed by atoms with Gasteiger partial charge in [-0.1, -0.05) is 146 Å². The zero-order chi connectivity index (χ0) is 22.1. The second-order valence-electron chi connectivity index (χ2n) is 8.54. The summed E-state index contributed by atoms with van der Waals surface area (Å²) in [5, 5.41) is 5.07. The smallest absolute Gasteiger partial charge is 0.0622 e. The molecule has 0 radical (unpaired) electrons. The molecule has 0 amide bonds. The molecule has 0 aliphatic rings. The van der Waals surface area contributed by atoms with E-state index in [-0.39, 0.29) is 0 Å². The Kier molecular flexibility index (Phi) is 4.78. The molecule has 156 valence electrons. The van der Waals surface area contributed by atoms with Crippen molar-refractivity contribution in [1.82, 2.24) is 0 Å². The molecule has 0 aliphatic carbocycles. The van der Waals surface area contributed by atoms with Crippen LogP contribution < -0.4 is 0 Å². The fourth-order valence-electron chi connectivity index (χ4n) is 5.41. The molecule has 0 unspecified atom stereocenters. The molecule has 6 rings (SSSR count). The van der Waals surface area contributed by atoms with Crippen LogP contribution in [0.3, 0.4) is 0 Å². The lowest BCUT2D eigenvalue weighted by atomic mass is 9.63. The number of fused-ring (bicyclic) bond motifs is 2. The Morgan fingerprint density at radius 2 is 0.667 bits per heavy atom. The molecule has 0 N–H and O–H groups in total. The van der Waals surface area contributed by atoms with Crippen molar-refractivity contribution >= 4 is 21.5 Å². The Balaban J connectivity index is 1.87. The fraction of sp³-hybridized carbons (Fsp3) is 0.0303. The summed E-state index contributed by atoms with van der Waals surface area (Å²) in [6.45, 7) is 0. The minimum atomic E-state index is -0.468. The topological polar surface area (TPSA) is 0 Å². The minimum absolute atomic E-state index is 0.468. The summed E-state index contributed by atoms with van der Waals surface area (Å²) in [5.74, 6) is 0. The fourth-order valence-corrected chi connectivity index (χ4v) is 5.41. The van der Waals surface area contributed by atoms with Gasteiger partial charge < -0.3 is 0 Å². The zero-order valence-electron chi connectivity index (χ0n) is 18.4. The first-order valence-corrected chi connectivity index (χ1v) is 11.5. The molecule has 6 aromatic rings. The summed E-state index contributed by atoms with van der Waals surface area (Å²) < 4.78 is 0. The normalized spacial score (nSPS) is 11.6. The third-order valence-corrected chi connectivity index (χ3v) is 6.80. The van der Waals surface area contributed by atoms with Gasteiger partial charge in [0.15, 0.2) is 0 Å². The monoisotopic (exact) mass is 420 g/mol. The number of hydrogen-bond donors (Lipinski definition) is 0. The molecule has 0 fully saturated rings. The highest BCUT2D eigenvalue weighted by molar-refractivity contribution is 5.93. The van der Waals surface area contributed by atoms with E-state index >= 15 is 0 Å². The predicted octanol–water partition coefficient (Wildman–Crippen LogP) is 8.38. The van der Waals surface area contributed by atoms with Gasteiger partial charge in [0, 0.05) is 0 Å². The quantitative estimate of drug-likeness (QED) is 0.251. The third-order valence-electron chi connectivity index (χ3n) is 6.80. The van der Waals surface area contributed by atoms with Crippen molar-refractivity contribution < 1.29 is 0 Å². The molecular weight excluding hydrogens is 396 g/mol. The van der Waals surface area contributed by atoms with Crippen molar-refractivity contribution in [3.8, 4) is 0 Å². The van der Waals surface area contributed by atoms with Gasteiger partial charge >= 0.3 is 0 Å². The van der Waals surface area contributed by atoms with E-state index in [1.807, 2.05) is 0 Å². The van der Waals surface area contributed by atoms with E-state index in [1.54, 1.807) is 0 Å². The van der Waals surface area contributed by atoms with Crippen LogP contribution in [0.5, 0.6) is 0 Å². The van der Waals surface area contributed by atoms with Crippen LogP contribution in [0, 0.1) is 0 Å². The Bertz CT molecular complexity index is 1410. The second kappa shape index (κ2) is 8.07. The molecule has 0 bridgehead atoms. The maximum absolute atomic E-state index is 2.31. The van der Waals surface area contributed by atoms with E-state index in [2.05, 4.69) is 146 Å². The first kappa shape index (κ1) is 19.5. The van der Waals surface area contributed by atoms with Gasteiger partial charge in [-0.05, 0) is 43.8 Å². The van der Waals surface area contributed by atoms with Crippen LogP contribution in [0.25, 0.3) is 21.5 Å². The maximum Gasteiger partial charge on any atom is 0.0713 e. The highest BCUT2D eigenvalue weighted by Crippen LogP contribution is 2.49. The van der Waals surface area contributed by atoms with Crippen LogP contribution in [-0.4, -0.2) is 0 Å². The molecule has 0 aliphatic heterocycles. The van der Waals surface area contributed by atoms with Gasteiger partial charge in [0.25, 0.3) is 0 Å². The predicted molar refractivity (Wildman–Crippen MR) is 140 cm³/mol. The van der Waals surface area contributed by atoms with Gasteiger partial charge in [-0.15, -0.1) is 0 Å². The lowest BCUT2D eigenvalue weighted by Crippen LogP contribution is -2.31. The summed E-state index contributed by atoms with van der Waals surface area (Å²) in [6.07, 6.45) is 0. The van der Waals surface area contributed by atoms with Crippen LogP contribution in [0.15, 0.2) is 146 Å². The van der Waals surface area contributed by atoms with Crippen molar-refractivity contribution in [2.75, 3.05) is 0 Å². The molecule has 0 saturated carbocycles. The molecule has 0 saturated heterocycles. The third kappa shape index (κ3) is 3.07. The van der Waals surface area contributed by atoms with Crippen molar-refractivity contribution in [1.29, 1.82) is 0 Å². The van der Waals surface area contributed by atoms with Gasteiger partial charge in [-0.3, -0.25) is 0 Å². The first-order valence-electron chi connectivity index (χ1n) is 11.5. The summed E-state index contributed by atoms with van der Waals surface area (Å²) in [5.41, 5.74) is 4.67. The largest absolute Gasteiger partial charge is 0.0713 e. The van der Waals surface area contributed by atoms with Crippen molar-refractivity contribution in [3.63, 3.8) is 0 Å². The average molecular weight is 421 g/mol. The van der Waals surface area contributed by atoms with E-state index in [9.17, 15) is 0 Å². The van der Waals surface area contributed by atoms with E-state index in [0.717, 1.165) is 0 Å². The van der Waals surface area contributed by atoms with Gasteiger partial charge in [0.2, 0.25) is 0 Å². The Hall–Kier alpha value is -4.16. The van der Waals surface area contributed by atoms with Crippen LogP contribution in [-0.2, 0) is 5.41 Å². The zero-order valence-corrected chi connectivity index (χ0v) is 18.4. The molecule has 0 atom stereocenters. The average Bonchev–Trinajstić information content (AvgIpc) is 2.91. The first-order chi connectivity index (χ1) is 16.4. The molecular formula is C33H24. The molecule has 0 heteroatoms. The van der Waals surface area contributed by atoms with Gasteiger partial charge in [0.1, 0.15) is 0 Å². The number of benzene rings is 6. The van der Waals surface area contributed by atoms with Gasteiger partial charge in [-0.2, -0.15) is 0 Å². The molecule has 0 spiro atoms. The second-order valence-corrected chi connectivity index (χ2v) is 8.54. The maximum atomic E-state index is 2.31. The van der Waals surface area contributed by atoms with Crippen LogP contribution in [0.2, 0.25) is 0 Å². The summed E-state index contributed by atoms with van der Waals surface area (Å²) in [6, 6.07) is 52.8. The highest BCUT2D eigenvalue weighted by atomic mass is 14.4. The van der Waals surface area contributed by atoms with E-state index < -0.39 is 5.41 Å². The van der Waals surface area contributed by atoms with Crippen LogP contribution >= 0.6 is 0 Å². The molecule has 33 heavy (non-hydrogen) atoms. The van der Waals surface area contributed by atoms with E-state index in [1.165, 1.54) is 43.8 Å². The molecule has 0 aromatic heterocycles. The SMILES string of the molecule is c1ccc(C(c2ccccc2)(c2cccc3ccccc23)c2cccc3ccccc23)cc1.